The molecule has 154 valence electrons. The van der Waals surface area contributed by atoms with Gasteiger partial charge in [-0.3, -0.25) is 4.79 Å². The van der Waals surface area contributed by atoms with E-state index in [4.69, 9.17) is 16.1 Å². The normalized spacial score (nSPS) is 12.3. The molecule has 2 aromatic heterocycles. The molecule has 1 amide bonds. The van der Waals surface area contributed by atoms with Gasteiger partial charge in [0.05, 0.1) is 0 Å². The summed E-state index contributed by atoms with van der Waals surface area (Å²) in [6.07, 6.45) is 0.564. The number of aromatic amines is 1. The molecule has 4 aromatic rings. The van der Waals surface area contributed by atoms with E-state index in [0.29, 0.717) is 23.3 Å². The van der Waals surface area contributed by atoms with Crippen LogP contribution in [-0.2, 0) is 6.42 Å². The number of rotatable bonds is 6. The third-order valence-corrected chi connectivity index (χ3v) is 5.31. The van der Waals surface area contributed by atoms with Crippen LogP contribution in [-0.4, -0.2) is 22.6 Å². The summed E-state index contributed by atoms with van der Waals surface area (Å²) in [7, 11) is 2.37. The van der Waals surface area contributed by atoms with Crippen LogP contribution in [0.5, 0.6) is 0 Å². The topological polar surface area (TPSA) is 70.9 Å². The van der Waals surface area contributed by atoms with Gasteiger partial charge in [0.15, 0.2) is 17.6 Å². The average Bonchev–Trinajstić information content (AvgIpc) is 3.37. The maximum Gasteiger partial charge on any atom is 0.273 e. The summed E-state index contributed by atoms with van der Waals surface area (Å²) < 4.78 is 33.5. The molecule has 0 fully saturated rings. The van der Waals surface area contributed by atoms with Crippen molar-refractivity contribution < 1.29 is 18.1 Å². The summed E-state index contributed by atoms with van der Waals surface area (Å²) in [4.78, 5) is 15.5. The minimum Gasteiger partial charge on any atom is -0.361 e. The highest BCUT2D eigenvalue weighted by Crippen LogP contribution is 2.28. The predicted octanol–water partition coefficient (Wildman–Crippen LogP) is 4.48. The van der Waals surface area contributed by atoms with Crippen molar-refractivity contribution in [3.8, 4) is 0 Å². The molecule has 0 radical (unpaired) electrons. The monoisotopic (exact) mass is 447 g/mol. The van der Waals surface area contributed by atoms with Crippen molar-refractivity contribution in [1.82, 2.24) is 15.5 Å². The Hall–Kier alpha value is -2.76. The molecule has 0 spiro atoms. The van der Waals surface area contributed by atoms with Gasteiger partial charge in [-0.2, -0.15) is 0 Å². The second-order valence-electron chi connectivity index (χ2n) is 6.77. The number of benzene rings is 2. The highest BCUT2D eigenvalue weighted by molar-refractivity contribution is 7.27. The van der Waals surface area contributed by atoms with Gasteiger partial charge in [-0.05, 0) is 47.6 Å². The number of H-pyrrole nitrogens is 1. The highest BCUT2D eigenvalue weighted by Gasteiger charge is 2.23. The van der Waals surface area contributed by atoms with Gasteiger partial charge < -0.3 is 14.8 Å². The van der Waals surface area contributed by atoms with Gasteiger partial charge in [0, 0.05) is 40.3 Å². The third kappa shape index (κ3) is 4.23. The lowest BCUT2D eigenvalue weighted by Gasteiger charge is -2.06. The second-order valence-corrected chi connectivity index (χ2v) is 7.87. The van der Waals surface area contributed by atoms with Crippen LogP contribution in [0.4, 0.5) is 8.78 Å². The average molecular weight is 448 g/mol. The van der Waals surface area contributed by atoms with Gasteiger partial charge in [-0.25, -0.2) is 8.78 Å². The SMILES string of the molecule is O=C(NCCc1c[nH]c2ccc(Cl)cc12)c1cc(C(F)c2cc(P)ccc2F)on1. The molecule has 0 aliphatic rings. The molecule has 0 saturated heterocycles. The Balaban J connectivity index is 1.40. The summed E-state index contributed by atoms with van der Waals surface area (Å²) in [5, 5.41) is 8.58. The zero-order chi connectivity index (χ0) is 21.3. The molecule has 2 atom stereocenters. The van der Waals surface area contributed by atoms with Crippen LogP contribution in [0.25, 0.3) is 10.9 Å². The van der Waals surface area contributed by atoms with E-state index in [1.165, 1.54) is 24.3 Å². The molecule has 9 heteroatoms. The first-order valence-electron chi connectivity index (χ1n) is 9.11. The smallest absolute Gasteiger partial charge is 0.273 e. The summed E-state index contributed by atoms with van der Waals surface area (Å²) in [6.45, 7) is 0.337. The Bertz CT molecular complexity index is 1220. The zero-order valence-corrected chi connectivity index (χ0v) is 17.5. The van der Waals surface area contributed by atoms with Crippen molar-refractivity contribution in [2.24, 2.45) is 0 Å². The number of hydrogen-bond acceptors (Lipinski definition) is 3. The molecule has 0 saturated carbocycles. The summed E-state index contributed by atoms with van der Waals surface area (Å²) >= 11 is 6.04. The van der Waals surface area contributed by atoms with E-state index < -0.39 is 17.9 Å². The van der Waals surface area contributed by atoms with Crippen molar-refractivity contribution >= 4 is 43.0 Å². The molecule has 0 bridgehead atoms. The fourth-order valence-electron chi connectivity index (χ4n) is 3.18. The predicted molar refractivity (Wildman–Crippen MR) is 115 cm³/mol. The fourth-order valence-corrected chi connectivity index (χ4v) is 3.63. The Morgan fingerprint density at radius 1 is 1.27 bits per heavy atom. The van der Waals surface area contributed by atoms with E-state index in [0.717, 1.165) is 16.5 Å². The molecule has 0 aliphatic heterocycles. The highest BCUT2D eigenvalue weighted by atomic mass is 35.5. The minimum absolute atomic E-state index is 0.0722. The lowest BCUT2D eigenvalue weighted by molar-refractivity contribution is 0.0944. The third-order valence-electron chi connectivity index (χ3n) is 4.71. The summed E-state index contributed by atoms with van der Waals surface area (Å²) in [6, 6.07) is 10.8. The van der Waals surface area contributed by atoms with Crippen molar-refractivity contribution in [2.75, 3.05) is 6.54 Å². The van der Waals surface area contributed by atoms with Crippen LogP contribution in [0.2, 0.25) is 5.02 Å². The van der Waals surface area contributed by atoms with Crippen molar-refractivity contribution in [3.63, 3.8) is 0 Å². The van der Waals surface area contributed by atoms with E-state index >= 15 is 0 Å². The maximum absolute atomic E-state index is 14.7. The number of alkyl halides is 1. The lowest BCUT2D eigenvalue weighted by Crippen LogP contribution is -2.25. The number of carbonyl (C=O) groups is 1. The lowest BCUT2D eigenvalue weighted by atomic mass is 10.1. The fraction of sp³-hybridized carbons (Fsp3) is 0.143. The zero-order valence-electron chi connectivity index (χ0n) is 15.6. The molecule has 4 rings (SSSR count). The van der Waals surface area contributed by atoms with Gasteiger partial charge in [0.2, 0.25) is 0 Å². The van der Waals surface area contributed by atoms with Crippen LogP contribution in [0.1, 0.15) is 33.5 Å². The molecule has 2 heterocycles. The number of aromatic nitrogens is 2. The maximum atomic E-state index is 14.7. The van der Waals surface area contributed by atoms with Crippen LogP contribution >= 0.6 is 20.8 Å². The number of nitrogens with zero attached hydrogens (tertiary/aromatic N) is 1. The van der Waals surface area contributed by atoms with Crippen LogP contribution in [0, 0.1) is 5.82 Å². The molecule has 2 N–H and O–H groups in total. The van der Waals surface area contributed by atoms with E-state index in [2.05, 4.69) is 24.7 Å². The number of nitrogens with one attached hydrogen (secondary N) is 2. The Morgan fingerprint density at radius 2 is 2.10 bits per heavy atom. The molecule has 0 aliphatic carbocycles. The quantitative estimate of drug-likeness (QED) is 0.428. The largest absolute Gasteiger partial charge is 0.361 e. The van der Waals surface area contributed by atoms with E-state index in [1.54, 1.807) is 6.07 Å². The van der Waals surface area contributed by atoms with Gasteiger partial charge in [0.25, 0.3) is 5.91 Å². The Kier molecular flexibility index (Phi) is 5.84. The first kappa shape index (κ1) is 20.5. The van der Waals surface area contributed by atoms with E-state index in [1.807, 2.05) is 18.3 Å². The van der Waals surface area contributed by atoms with Gasteiger partial charge in [0.1, 0.15) is 5.82 Å². The Labute approximate surface area is 178 Å². The van der Waals surface area contributed by atoms with Crippen LogP contribution < -0.4 is 10.6 Å². The minimum atomic E-state index is -1.87. The van der Waals surface area contributed by atoms with Crippen LogP contribution in [0.3, 0.4) is 0 Å². The van der Waals surface area contributed by atoms with Gasteiger partial charge >= 0.3 is 0 Å². The molecular weight excluding hydrogens is 431 g/mol. The number of carbonyl (C=O) groups excluding carboxylic acids is 1. The van der Waals surface area contributed by atoms with Crippen LogP contribution in [0.15, 0.2) is 53.2 Å². The number of hydrogen-bond donors (Lipinski definition) is 2. The number of amides is 1. The number of fused-ring (bicyclic) bond motifs is 1. The van der Waals surface area contributed by atoms with E-state index in [-0.39, 0.29) is 17.0 Å². The number of halogens is 3. The summed E-state index contributed by atoms with van der Waals surface area (Å²) in [5.74, 6) is -1.44. The summed E-state index contributed by atoms with van der Waals surface area (Å²) in [5.41, 5.74) is 1.71. The Morgan fingerprint density at radius 3 is 2.93 bits per heavy atom. The molecule has 30 heavy (non-hydrogen) atoms. The second kappa shape index (κ2) is 8.54. The molecule has 2 aromatic carbocycles. The molecule has 5 nitrogen and oxygen atoms in total. The first-order valence-corrected chi connectivity index (χ1v) is 10.1. The van der Waals surface area contributed by atoms with E-state index in [9.17, 15) is 13.6 Å². The van der Waals surface area contributed by atoms with Crippen molar-refractivity contribution in [1.29, 1.82) is 0 Å². The van der Waals surface area contributed by atoms with Crippen molar-refractivity contribution in [2.45, 2.75) is 12.6 Å². The van der Waals surface area contributed by atoms with Gasteiger partial charge in [-0.1, -0.05) is 22.8 Å². The first-order chi connectivity index (χ1) is 14.4. The standard InChI is InChI=1S/C21H17ClF2N3O2P/c22-12-1-4-17-14(7-12)11(10-26-17)5-6-25-21(28)18-9-19(29-27-18)20(24)15-8-13(30)2-3-16(15)23/h1-4,7-10,20,26H,5-6,30H2,(H,25,28). The molecule has 2 unspecified atom stereocenters. The van der Waals surface area contributed by atoms with Gasteiger partial charge in [-0.15, -0.1) is 9.24 Å². The molecular formula is C21H17ClF2N3O2P. The van der Waals surface area contributed by atoms with Crippen molar-refractivity contribution in [3.05, 3.63) is 82.1 Å².